The summed E-state index contributed by atoms with van der Waals surface area (Å²) in [5.74, 6) is 0. The molecule has 0 amide bonds. The number of pyridine rings is 1. The van der Waals surface area contributed by atoms with Crippen LogP contribution >= 0.6 is 0 Å². The van der Waals surface area contributed by atoms with Gasteiger partial charge in [-0.2, -0.15) is 0 Å². The maximum atomic E-state index is 4.81. The van der Waals surface area contributed by atoms with Gasteiger partial charge in [0, 0.05) is 17.5 Å². The van der Waals surface area contributed by atoms with E-state index in [4.69, 9.17) is 4.98 Å². The Bertz CT molecular complexity index is 1670. The van der Waals surface area contributed by atoms with E-state index in [-0.39, 0.29) is 0 Å². The van der Waals surface area contributed by atoms with E-state index in [0.717, 1.165) is 5.69 Å². The molecule has 0 unspecified atom stereocenters. The summed E-state index contributed by atoms with van der Waals surface area (Å²) in [6, 6.07) is 42.7. The van der Waals surface area contributed by atoms with Gasteiger partial charge in [-0.15, -0.1) is 0 Å². The molecule has 0 fully saturated rings. The molecule has 0 spiro atoms. The molecule has 2 heterocycles. The van der Waals surface area contributed by atoms with Gasteiger partial charge in [-0.1, -0.05) is 109 Å². The van der Waals surface area contributed by atoms with Crippen molar-refractivity contribution in [2.24, 2.45) is 0 Å². The first-order valence-corrected chi connectivity index (χ1v) is 13.8. The molecule has 6 aromatic rings. The van der Waals surface area contributed by atoms with Crippen LogP contribution in [0.3, 0.4) is 0 Å². The van der Waals surface area contributed by atoms with Crippen molar-refractivity contribution in [2.45, 2.75) is 6.92 Å². The zero-order valence-electron chi connectivity index (χ0n) is 19.0. The van der Waals surface area contributed by atoms with Gasteiger partial charge in [-0.25, -0.2) is 0 Å². The van der Waals surface area contributed by atoms with E-state index < -0.39 is 8.07 Å². The van der Waals surface area contributed by atoms with Crippen molar-refractivity contribution in [3.63, 3.8) is 0 Å². The Morgan fingerprint density at radius 2 is 1.06 bits per heavy atom. The lowest BCUT2D eigenvalue weighted by atomic mass is 9.94. The number of hydrogen-bond acceptors (Lipinski definition) is 1. The summed E-state index contributed by atoms with van der Waals surface area (Å²) in [4.78, 5) is 4.81. The highest BCUT2D eigenvalue weighted by molar-refractivity contribution is 7.23. The average Bonchev–Trinajstić information content (AvgIpc) is 3.21. The number of nitrogens with zero attached hydrogens (tertiary/aromatic N) is 1. The van der Waals surface area contributed by atoms with Gasteiger partial charge < -0.3 is 0 Å². The number of aryl methyl sites for hydroxylation is 1. The van der Waals surface area contributed by atoms with E-state index in [9.17, 15) is 0 Å². The van der Waals surface area contributed by atoms with Gasteiger partial charge in [-0.3, -0.25) is 4.98 Å². The van der Waals surface area contributed by atoms with Gasteiger partial charge in [0.15, 0.2) is 8.07 Å². The lowest BCUT2D eigenvalue weighted by Gasteiger charge is -2.32. The highest BCUT2D eigenvalue weighted by Crippen LogP contribution is 2.39. The first-order valence-electron chi connectivity index (χ1n) is 11.8. The van der Waals surface area contributed by atoms with Crippen molar-refractivity contribution < 1.29 is 0 Å². The molecule has 5 aromatic carbocycles. The van der Waals surface area contributed by atoms with Gasteiger partial charge in [-0.05, 0) is 60.8 Å². The number of benzene rings is 5. The Balaban J connectivity index is 1.82. The molecular formula is C32H23NSi. The summed E-state index contributed by atoms with van der Waals surface area (Å²) in [5.41, 5.74) is 3.74. The van der Waals surface area contributed by atoms with E-state index in [1.54, 1.807) is 0 Å². The first-order chi connectivity index (χ1) is 16.8. The molecule has 0 aliphatic carbocycles. The molecule has 0 atom stereocenters. The monoisotopic (exact) mass is 449 g/mol. The van der Waals surface area contributed by atoms with Crippen LogP contribution in [0.25, 0.3) is 32.7 Å². The third-order valence-electron chi connectivity index (χ3n) is 7.44. The number of hydrogen-bond donors (Lipinski definition) is 0. The molecule has 1 nitrogen and oxygen atoms in total. The minimum atomic E-state index is -2.58. The van der Waals surface area contributed by atoms with E-state index in [1.807, 2.05) is 0 Å². The van der Waals surface area contributed by atoms with Crippen molar-refractivity contribution in [1.82, 2.24) is 4.98 Å². The average molecular weight is 450 g/mol. The molecule has 0 radical (unpaired) electrons. The van der Waals surface area contributed by atoms with E-state index in [1.165, 1.54) is 53.4 Å². The van der Waals surface area contributed by atoms with Gasteiger partial charge in [0.25, 0.3) is 0 Å². The van der Waals surface area contributed by atoms with Crippen LogP contribution in [0, 0.1) is 6.92 Å². The Labute approximate surface area is 200 Å². The van der Waals surface area contributed by atoms with Gasteiger partial charge in [0.2, 0.25) is 0 Å². The number of aromatic nitrogens is 1. The van der Waals surface area contributed by atoms with Gasteiger partial charge in [0.05, 0.1) is 0 Å². The summed E-state index contributed by atoms with van der Waals surface area (Å²) < 4.78 is 0. The fraction of sp³-hybridized carbons (Fsp3) is 0.0312. The predicted molar refractivity (Wildman–Crippen MR) is 147 cm³/mol. The van der Waals surface area contributed by atoms with E-state index in [2.05, 4.69) is 128 Å². The lowest BCUT2D eigenvalue weighted by molar-refractivity contribution is 1.21. The highest BCUT2D eigenvalue weighted by atomic mass is 28.3. The van der Waals surface area contributed by atoms with Crippen LogP contribution in [0.5, 0.6) is 0 Å². The smallest absolute Gasteiger partial charge is 0.181 e. The fourth-order valence-electron chi connectivity index (χ4n) is 6.16. The normalized spacial score (nSPS) is 13.7. The predicted octanol–water partition coefficient (Wildman–Crippen LogP) is 5.05. The van der Waals surface area contributed by atoms with Crippen LogP contribution < -0.4 is 20.7 Å². The number of fused-ring (bicyclic) bond motifs is 8. The fourth-order valence-corrected chi connectivity index (χ4v) is 11.6. The Morgan fingerprint density at radius 3 is 1.68 bits per heavy atom. The molecule has 1 aromatic heterocycles. The number of rotatable bonds is 2. The lowest BCUT2D eigenvalue weighted by Crippen LogP contribution is -2.73. The summed E-state index contributed by atoms with van der Waals surface area (Å²) in [7, 11) is -2.58. The highest BCUT2D eigenvalue weighted by Gasteiger charge is 2.50. The van der Waals surface area contributed by atoms with E-state index >= 15 is 0 Å². The minimum absolute atomic E-state index is 1.07. The van der Waals surface area contributed by atoms with Crippen molar-refractivity contribution in [1.29, 1.82) is 0 Å². The van der Waals surface area contributed by atoms with Crippen molar-refractivity contribution in [3.05, 3.63) is 127 Å². The first kappa shape index (κ1) is 19.5. The molecular weight excluding hydrogens is 426 g/mol. The van der Waals surface area contributed by atoms with Crippen LogP contribution in [0.2, 0.25) is 0 Å². The molecule has 1 aliphatic heterocycles. The molecule has 7 rings (SSSR count). The van der Waals surface area contributed by atoms with Gasteiger partial charge >= 0.3 is 0 Å². The van der Waals surface area contributed by atoms with Crippen LogP contribution in [0.4, 0.5) is 0 Å². The maximum absolute atomic E-state index is 4.81. The summed E-state index contributed by atoms with van der Waals surface area (Å²) in [6.07, 6.45) is 2.13. The van der Waals surface area contributed by atoms with Crippen molar-refractivity contribution in [3.8, 4) is 11.1 Å². The minimum Gasteiger partial charge on any atom is -0.261 e. The van der Waals surface area contributed by atoms with Crippen molar-refractivity contribution in [2.75, 3.05) is 0 Å². The molecule has 0 saturated heterocycles. The summed E-state index contributed by atoms with van der Waals surface area (Å²) >= 11 is 0. The largest absolute Gasteiger partial charge is 0.261 e. The second kappa shape index (κ2) is 7.24. The van der Waals surface area contributed by atoms with Gasteiger partial charge in [0.1, 0.15) is 0 Å². The third-order valence-corrected chi connectivity index (χ3v) is 12.3. The Morgan fingerprint density at radius 1 is 0.559 bits per heavy atom. The van der Waals surface area contributed by atoms with Crippen molar-refractivity contribution >= 4 is 50.4 Å². The second-order valence-electron chi connectivity index (χ2n) is 9.19. The summed E-state index contributed by atoms with van der Waals surface area (Å²) in [6.45, 7) is 2.12. The van der Waals surface area contributed by atoms with Crippen LogP contribution in [0.15, 0.2) is 121 Å². The molecule has 160 valence electrons. The third kappa shape index (κ3) is 2.46. The molecule has 0 bridgehead atoms. The topological polar surface area (TPSA) is 12.9 Å². The molecule has 0 saturated carbocycles. The molecule has 2 heteroatoms. The SMILES string of the molecule is Cc1cc2c(cn1)-c1c(c3ccccc3c3ccccc13)[Si]2(c1ccccc1)c1ccccc1. The van der Waals surface area contributed by atoms with E-state index in [0.29, 0.717) is 0 Å². The quantitative estimate of drug-likeness (QED) is 0.266. The second-order valence-corrected chi connectivity index (χ2v) is 12.9. The molecule has 0 N–H and O–H groups in total. The standard InChI is InChI=1S/C32H23NSi/c1-22-20-30-29(21-33-22)31-27-18-10-8-16-25(27)26-17-9-11-19-28(26)32(31)34(30,23-12-4-2-5-13-23)24-14-6-3-7-15-24/h2-21H,1H3. The Hall–Kier alpha value is -4.01. The maximum Gasteiger partial charge on any atom is 0.181 e. The van der Waals surface area contributed by atoms with Crippen LogP contribution in [-0.2, 0) is 0 Å². The van der Waals surface area contributed by atoms with Crippen LogP contribution in [0.1, 0.15) is 5.69 Å². The zero-order valence-corrected chi connectivity index (χ0v) is 20.0. The zero-order chi connectivity index (χ0) is 22.7. The molecule has 34 heavy (non-hydrogen) atoms. The Kier molecular flexibility index (Phi) is 4.14. The summed E-state index contributed by atoms with van der Waals surface area (Å²) in [5, 5.41) is 11.1. The molecule has 1 aliphatic rings. The van der Waals surface area contributed by atoms with Crippen LogP contribution in [-0.4, -0.2) is 13.1 Å².